The molecule has 70 valence electrons. The number of piperazine rings is 1. The zero-order valence-electron chi connectivity index (χ0n) is 8.43. The van der Waals surface area contributed by atoms with Gasteiger partial charge in [0, 0.05) is 30.7 Å². The first-order valence-corrected chi connectivity index (χ1v) is 5.12. The highest BCUT2D eigenvalue weighted by atomic mass is 15.3. The van der Waals surface area contributed by atoms with Crippen molar-refractivity contribution in [2.75, 3.05) is 13.1 Å². The van der Waals surface area contributed by atoms with E-state index in [4.69, 9.17) is 0 Å². The molecule has 1 aliphatic heterocycles. The molecule has 0 aromatic carbocycles. The fourth-order valence-corrected chi connectivity index (χ4v) is 2.24. The average molecular weight is 168 g/mol. The first kappa shape index (κ1) is 8.52. The predicted molar refractivity (Wildman–Crippen MR) is 51.3 cm³/mol. The lowest BCUT2D eigenvalue weighted by Crippen LogP contribution is -2.57. The molecule has 2 nitrogen and oxygen atoms in total. The molecule has 1 saturated carbocycles. The molecule has 2 rings (SSSR count). The maximum Gasteiger partial charge on any atom is 0.0198 e. The molecular weight excluding hydrogens is 148 g/mol. The second kappa shape index (κ2) is 2.71. The predicted octanol–water partition coefficient (Wildman–Crippen LogP) is 1.22. The van der Waals surface area contributed by atoms with Crippen molar-refractivity contribution in [3.63, 3.8) is 0 Å². The summed E-state index contributed by atoms with van der Waals surface area (Å²) in [5, 5.41) is 3.52. The van der Waals surface area contributed by atoms with Crippen LogP contribution in [0.3, 0.4) is 0 Å². The van der Waals surface area contributed by atoms with Gasteiger partial charge in [0.1, 0.15) is 0 Å². The first-order chi connectivity index (χ1) is 5.62. The molecule has 2 fully saturated rings. The Morgan fingerprint density at radius 3 is 2.58 bits per heavy atom. The highest BCUT2D eigenvalue weighted by Crippen LogP contribution is 2.42. The number of rotatable bonds is 1. The van der Waals surface area contributed by atoms with Crippen LogP contribution >= 0.6 is 0 Å². The highest BCUT2D eigenvalue weighted by molar-refractivity contribution is 5.03. The Labute approximate surface area is 75.3 Å². The first-order valence-electron chi connectivity index (χ1n) is 5.12. The molecule has 2 atom stereocenters. The van der Waals surface area contributed by atoms with E-state index >= 15 is 0 Å². The summed E-state index contributed by atoms with van der Waals surface area (Å²) in [6.45, 7) is 9.42. The third-order valence-electron chi connectivity index (χ3n) is 3.43. The van der Waals surface area contributed by atoms with Crippen molar-refractivity contribution >= 4 is 0 Å². The molecular formula is C10H20N2. The van der Waals surface area contributed by atoms with Crippen molar-refractivity contribution in [1.29, 1.82) is 0 Å². The Bertz CT molecular complexity index is 175. The molecule has 0 aromatic heterocycles. The fourth-order valence-electron chi connectivity index (χ4n) is 2.24. The van der Waals surface area contributed by atoms with Gasteiger partial charge in [-0.3, -0.25) is 4.90 Å². The number of hydrogen-bond donors (Lipinski definition) is 1. The lowest BCUT2D eigenvalue weighted by molar-refractivity contribution is 0.0901. The van der Waals surface area contributed by atoms with E-state index in [2.05, 4.69) is 31.0 Å². The van der Waals surface area contributed by atoms with Gasteiger partial charge in [-0.15, -0.1) is 0 Å². The van der Waals surface area contributed by atoms with Gasteiger partial charge in [-0.05, 0) is 33.6 Å². The second-order valence-electron chi connectivity index (χ2n) is 4.81. The minimum atomic E-state index is 0.565. The summed E-state index contributed by atoms with van der Waals surface area (Å²) in [5.74, 6) is 0. The smallest absolute Gasteiger partial charge is 0.0198 e. The molecule has 0 radical (unpaired) electrons. The summed E-state index contributed by atoms with van der Waals surface area (Å²) in [4.78, 5) is 2.69. The van der Waals surface area contributed by atoms with Crippen LogP contribution in [0.25, 0.3) is 0 Å². The minimum Gasteiger partial charge on any atom is -0.311 e. The topological polar surface area (TPSA) is 15.3 Å². The van der Waals surface area contributed by atoms with Crippen molar-refractivity contribution in [2.24, 2.45) is 0 Å². The molecule has 0 aromatic rings. The molecule has 0 amide bonds. The van der Waals surface area contributed by atoms with E-state index in [1.54, 1.807) is 0 Å². The number of nitrogens with one attached hydrogen (secondary N) is 1. The normalized spacial score (nSPS) is 41.2. The summed E-state index contributed by atoms with van der Waals surface area (Å²) >= 11 is 0. The largest absolute Gasteiger partial charge is 0.311 e. The van der Waals surface area contributed by atoms with Crippen LogP contribution < -0.4 is 5.32 Å². The van der Waals surface area contributed by atoms with E-state index in [1.807, 2.05) is 0 Å². The maximum absolute atomic E-state index is 3.52. The van der Waals surface area contributed by atoms with Crippen LogP contribution in [0.1, 0.15) is 33.6 Å². The second-order valence-corrected chi connectivity index (χ2v) is 4.81. The Hall–Kier alpha value is -0.0800. The Balaban J connectivity index is 2.02. The quantitative estimate of drug-likeness (QED) is 0.633. The van der Waals surface area contributed by atoms with Crippen LogP contribution in [0.5, 0.6) is 0 Å². The van der Waals surface area contributed by atoms with Crippen molar-refractivity contribution in [3.05, 3.63) is 0 Å². The van der Waals surface area contributed by atoms with Crippen LogP contribution in [0, 0.1) is 0 Å². The van der Waals surface area contributed by atoms with E-state index in [0.717, 1.165) is 12.6 Å². The zero-order valence-corrected chi connectivity index (χ0v) is 8.43. The molecule has 0 spiro atoms. The van der Waals surface area contributed by atoms with Crippen molar-refractivity contribution in [3.8, 4) is 0 Å². The lowest BCUT2D eigenvalue weighted by Gasteiger charge is -2.41. The van der Waals surface area contributed by atoms with E-state index < -0.39 is 0 Å². The summed E-state index contributed by atoms with van der Waals surface area (Å²) in [6.07, 6.45) is 2.81. The number of nitrogens with zero attached hydrogens (tertiary/aromatic N) is 1. The van der Waals surface area contributed by atoms with Gasteiger partial charge < -0.3 is 5.32 Å². The molecule has 0 unspecified atom stereocenters. The lowest BCUT2D eigenvalue weighted by atomic mass is 10.1. The Kier molecular flexibility index (Phi) is 1.92. The maximum atomic E-state index is 3.52. The molecule has 1 heterocycles. The van der Waals surface area contributed by atoms with Gasteiger partial charge in [0.05, 0.1) is 0 Å². The van der Waals surface area contributed by atoms with Gasteiger partial charge >= 0.3 is 0 Å². The zero-order chi connectivity index (χ0) is 8.77. The SMILES string of the molecule is C[C@@H]1CN[C@@H](C)CN1C1(C)CC1. The Morgan fingerprint density at radius 1 is 1.33 bits per heavy atom. The monoisotopic (exact) mass is 168 g/mol. The van der Waals surface area contributed by atoms with Crippen molar-refractivity contribution in [1.82, 2.24) is 10.2 Å². The standard InChI is InChI=1S/C10H20N2/c1-8-7-12(9(2)6-11-8)10(3)4-5-10/h8-9,11H,4-7H2,1-3H3/t8-,9+/m0/s1. The summed E-state index contributed by atoms with van der Waals surface area (Å²) in [6, 6.07) is 1.41. The molecule has 1 N–H and O–H groups in total. The van der Waals surface area contributed by atoms with Crippen LogP contribution in [0.15, 0.2) is 0 Å². The van der Waals surface area contributed by atoms with Crippen molar-refractivity contribution < 1.29 is 0 Å². The van der Waals surface area contributed by atoms with Gasteiger partial charge in [-0.25, -0.2) is 0 Å². The van der Waals surface area contributed by atoms with E-state index in [0.29, 0.717) is 11.6 Å². The van der Waals surface area contributed by atoms with Crippen LogP contribution in [0.2, 0.25) is 0 Å². The third kappa shape index (κ3) is 1.38. The summed E-state index contributed by atoms with van der Waals surface area (Å²) in [5.41, 5.74) is 0.565. The molecule has 1 aliphatic carbocycles. The third-order valence-corrected chi connectivity index (χ3v) is 3.43. The molecule has 2 heteroatoms. The van der Waals surface area contributed by atoms with Crippen LogP contribution in [0.4, 0.5) is 0 Å². The Morgan fingerprint density at radius 2 is 2.00 bits per heavy atom. The average Bonchev–Trinajstić information content (AvgIpc) is 2.75. The van der Waals surface area contributed by atoms with Gasteiger partial charge in [-0.2, -0.15) is 0 Å². The van der Waals surface area contributed by atoms with Crippen molar-refractivity contribution in [2.45, 2.75) is 51.2 Å². The molecule has 0 bridgehead atoms. The summed E-state index contributed by atoms with van der Waals surface area (Å²) < 4.78 is 0. The van der Waals surface area contributed by atoms with Crippen LogP contribution in [-0.4, -0.2) is 35.6 Å². The van der Waals surface area contributed by atoms with E-state index in [1.165, 1.54) is 19.4 Å². The van der Waals surface area contributed by atoms with E-state index in [9.17, 15) is 0 Å². The molecule has 2 aliphatic rings. The summed E-state index contributed by atoms with van der Waals surface area (Å²) in [7, 11) is 0. The van der Waals surface area contributed by atoms with E-state index in [-0.39, 0.29) is 0 Å². The minimum absolute atomic E-state index is 0.565. The highest BCUT2D eigenvalue weighted by Gasteiger charge is 2.46. The van der Waals surface area contributed by atoms with Gasteiger partial charge in [0.25, 0.3) is 0 Å². The molecule has 12 heavy (non-hydrogen) atoms. The molecule has 1 saturated heterocycles. The fraction of sp³-hybridized carbons (Fsp3) is 1.00. The van der Waals surface area contributed by atoms with Gasteiger partial charge in [-0.1, -0.05) is 0 Å². The number of hydrogen-bond acceptors (Lipinski definition) is 2. The van der Waals surface area contributed by atoms with Crippen LogP contribution in [-0.2, 0) is 0 Å². The van der Waals surface area contributed by atoms with Gasteiger partial charge in [0.15, 0.2) is 0 Å². The van der Waals surface area contributed by atoms with Gasteiger partial charge in [0.2, 0.25) is 0 Å².